The molecule has 2 saturated heterocycles. The van der Waals surface area contributed by atoms with Crippen molar-refractivity contribution in [2.75, 3.05) is 45.3 Å². The van der Waals surface area contributed by atoms with Crippen LogP contribution in [0.25, 0.3) is 0 Å². The molecule has 0 aliphatic carbocycles. The third kappa shape index (κ3) is 4.36. The predicted molar refractivity (Wildman–Crippen MR) is 143 cm³/mol. The van der Waals surface area contributed by atoms with Gasteiger partial charge in [0.25, 0.3) is 5.91 Å². The Morgan fingerprint density at radius 3 is 2.49 bits per heavy atom. The second-order valence-corrected chi connectivity index (χ2v) is 11.7. The van der Waals surface area contributed by atoms with E-state index in [0.29, 0.717) is 25.4 Å². The van der Waals surface area contributed by atoms with Crippen molar-refractivity contribution in [3.63, 3.8) is 0 Å². The number of carbonyl (C=O) groups is 3. The van der Waals surface area contributed by atoms with Crippen LogP contribution in [0.5, 0.6) is 5.75 Å². The second kappa shape index (κ2) is 10.5. The smallest absolute Gasteiger partial charge is 0.251 e. The average Bonchev–Trinajstić information content (AvgIpc) is 3.22. The Kier molecular flexibility index (Phi) is 7.36. The average molecular weight is 526 g/mol. The third-order valence-corrected chi connectivity index (χ3v) is 9.80. The van der Waals surface area contributed by atoms with Crippen molar-refractivity contribution < 1.29 is 24.2 Å². The number of likely N-dealkylation sites (N-methyl/N-ethyl adjacent to an activating group) is 1. The molecule has 0 aromatic heterocycles. The molecule has 0 radical (unpaired) electrons. The summed E-state index contributed by atoms with van der Waals surface area (Å²) in [4.78, 5) is 47.1. The van der Waals surface area contributed by atoms with E-state index in [1.54, 1.807) is 40.6 Å². The van der Waals surface area contributed by atoms with E-state index in [-0.39, 0.29) is 29.6 Å². The number of nitrogens with zero attached hydrogens (tertiary/aromatic N) is 3. The quantitative estimate of drug-likeness (QED) is 0.414. The van der Waals surface area contributed by atoms with Gasteiger partial charge in [0, 0.05) is 44.2 Å². The summed E-state index contributed by atoms with van der Waals surface area (Å²) in [6.45, 7) is 1.53. The van der Waals surface area contributed by atoms with Gasteiger partial charge in [0.1, 0.15) is 11.8 Å². The van der Waals surface area contributed by atoms with Crippen LogP contribution in [0.2, 0.25) is 0 Å². The van der Waals surface area contributed by atoms with E-state index in [0.717, 1.165) is 31.4 Å². The van der Waals surface area contributed by atoms with Crippen molar-refractivity contribution >= 4 is 35.2 Å². The number of thioether (sulfide) groups is 1. The molecule has 1 spiro atoms. The number of unbranched alkanes of at least 4 members (excludes halogenated alkanes) is 3. The molecule has 5 atom stereocenters. The van der Waals surface area contributed by atoms with Crippen LogP contribution in [-0.2, 0) is 14.4 Å². The first-order valence-electron chi connectivity index (χ1n) is 13.1. The second-order valence-electron chi connectivity index (χ2n) is 10.2. The van der Waals surface area contributed by atoms with Crippen molar-refractivity contribution in [1.82, 2.24) is 9.80 Å². The number of benzene rings is 1. The van der Waals surface area contributed by atoms with Crippen LogP contribution >= 0.6 is 11.8 Å². The molecule has 2 fully saturated rings. The topological polar surface area (TPSA) is 90.4 Å². The number of hydrogen-bond donors (Lipinski definition) is 1. The standard InChI is InChI=1S/C28H35N3O5S/c1-29-15-7-9-21-22(25(29)33)23-26(34)31(16-5-3-4-6-18-32)24-27(35)30(17-8-14-28(23,24)37-21)19-10-12-20(36-2)13-11-19/h7-14,21-24,32H,3-6,15-18H2,1-2H3/t21-,22+,23-,24?,28-/m0/s1. The number of ether oxygens (including phenoxy) is 1. The molecule has 1 aromatic carbocycles. The molecule has 4 aliphatic rings. The first-order chi connectivity index (χ1) is 17.9. The largest absolute Gasteiger partial charge is 0.497 e. The lowest BCUT2D eigenvalue weighted by molar-refractivity contribution is -0.142. The minimum atomic E-state index is -0.798. The molecule has 37 heavy (non-hydrogen) atoms. The van der Waals surface area contributed by atoms with Gasteiger partial charge < -0.3 is 24.5 Å². The zero-order valence-electron chi connectivity index (χ0n) is 21.4. The van der Waals surface area contributed by atoms with Crippen molar-refractivity contribution in [3.05, 3.63) is 48.6 Å². The van der Waals surface area contributed by atoms with E-state index in [2.05, 4.69) is 6.08 Å². The fourth-order valence-electron chi connectivity index (χ4n) is 6.24. The van der Waals surface area contributed by atoms with Crippen LogP contribution in [-0.4, -0.2) is 89.1 Å². The lowest BCUT2D eigenvalue weighted by Gasteiger charge is -2.35. The minimum absolute atomic E-state index is 0.0293. The summed E-state index contributed by atoms with van der Waals surface area (Å²) >= 11 is 1.61. The maximum atomic E-state index is 14.3. The molecule has 1 aromatic rings. The van der Waals surface area contributed by atoms with Gasteiger partial charge in [-0.2, -0.15) is 0 Å². The van der Waals surface area contributed by atoms with E-state index >= 15 is 0 Å². The van der Waals surface area contributed by atoms with Crippen LogP contribution in [0.15, 0.2) is 48.6 Å². The number of methoxy groups -OCH3 is 1. The summed E-state index contributed by atoms with van der Waals surface area (Å²) in [5.41, 5.74) is 0.749. The molecule has 9 heteroatoms. The highest BCUT2D eigenvalue weighted by atomic mass is 32.2. The van der Waals surface area contributed by atoms with Crippen LogP contribution in [0.1, 0.15) is 25.7 Å². The Morgan fingerprint density at radius 1 is 1.00 bits per heavy atom. The Labute approximate surface area is 222 Å². The predicted octanol–water partition coefficient (Wildman–Crippen LogP) is 2.48. The van der Waals surface area contributed by atoms with Gasteiger partial charge in [-0.15, -0.1) is 11.8 Å². The SMILES string of the molecule is COc1ccc(N2CC=C[C@]34S[C@H]5C=CCN(C)C(=O)[C@H]5[C@H]3C(=O)N(CCCCCCO)C4C2=O)cc1. The Balaban J connectivity index is 1.52. The molecule has 4 heterocycles. The first-order valence-corrected chi connectivity index (χ1v) is 13.9. The highest BCUT2D eigenvalue weighted by molar-refractivity contribution is 8.02. The van der Waals surface area contributed by atoms with Crippen molar-refractivity contribution in [2.45, 2.75) is 41.7 Å². The Morgan fingerprint density at radius 2 is 1.76 bits per heavy atom. The van der Waals surface area contributed by atoms with Gasteiger partial charge in [-0.1, -0.05) is 37.1 Å². The molecule has 8 nitrogen and oxygen atoms in total. The number of rotatable bonds is 8. The van der Waals surface area contributed by atoms with E-state index in [1.165, 1.54) is 0 Å². The van der Waals surface area contributed by atoms with Crippen molar-refractivity contribution in [1.29, 1.82) is 0 Å². The van der Waals surface area contributed by atoms with Gasteiger partial charge in [0.2, 0.25) is 11.8 Å². The number of hydrogen-bond acceptors (Lipinski definition) is 6. The molecule has 1 N–H and O–H groups in total. The summed E-state index contributed by atoms with van der Waals surface area (Å²) in [6, 6.07) is 6.70. The van der Waals surface area contributed by atoms with Gasteiger partial charge in [-0.3, -0.25) is 14.4 Å². The number of amides is 3. The molecular formula is C28H35N3O5S. The molecule has 1 unspecified atom stereocenters. The molecule has 0 bridgehead atoms. The van der Waals surface area contributed by atoms with Crippen molar-refractivity contribution in [2.24, 2.45) is 11.8 Å². The van der Waals surface area contributed by atoms with Gasteiger partial charge in [-0.05, 0) is 37.1 Å². The molecule has 4 aliphatic heterocycles. The molecule has 0 saturated carbocycles. The molecular weight excluding hydrogens is 490 g/mol. The van der Waals surface area contributed by atoms with Crippen LogP contribution in [0.3, 0.4) is 0 Å². The normalized spacial score (nSPS) is 30.8. The van der Waals surface area contributed by atoms with Crippen LogP contribution in [0, 0.1) is 11.8 Å². The zero-order chi connectivity index (χ0) is 26.2. The van der Waals surface area contributed by atoms with Crippen molar-refractivity contribution in [3.8, 4) is 5.75 Å². The van der Waals surface area contributed by atoms with E-state index < -0.39 is 22.6 Å². The van der Waals surface area contributed by atoms with Gasteiger partial charge >= 0.3 is 0 Å². The Bertz CT molecular complexity index is 1110. The summed E-state index contributed by atoms with van der Waals surface area (Å²) in [5.74, 6) is -0.612. The number of anilines is 1. The number of likely N-dealkylation sites (tertiary alicyclic amines) is 1. The fourth-order valence-corrected chi connectivity index (χ4v) is 8.25. The number of fused-ring (bicyclic) bond motifs is 2. The molecule has 3 amide bonds. The highest BCUT2D eigenvalue weighted by Gasteiger charge is 2.70. The minimum Gasteiger partial charge on any atom is -0.497 e. The fraction of sp³-hybridized carbons (Fsp3) is 0.536. The summed E-state index contributed by atoms with van der Waals surface area (Å²) in [5, 5.41) is 8.98. The highest BCUT2D eigenvalue weighted by Crippen LogP contribution is 2.61. The number of aliphatic hydroxyl groups is 1. The maximum absolute atomic E-state index is 14.3. The van der Waals surface area contributed by atoms with E-state index in [4.69, 9.17) is 9.84 Å². The van der Waals surface area contributed by atoms with E-state index in [1.807, 2.05) is 42.5 Å². The molecule has 198 valence electrons. The molecule has 5 rings (SSSR count). The number of carbonyl (C=O) groups excluding carboxylic acids is 3. The summed E-state index contributed by atoms with van der Waals surface area (Å²) < 4.78 is 4.49. The van der Waals surface area contributed by atoms with E-state index in [9.17, 15) is 14.4 Å². The summed E-state index contributed by atoms with van der Waals surface area (Å²) in [7, 11) is 3.38. The van der Waals surface area contributed by atoms with Crippen LogP contribution < -0.4 is 9.64 Å². The number of aliphatic hydroxyl groups excluding tert-OH is 1. The maximum Gasteiger partial charge on any atom is 0.251 e. The third-order valence-electron chi connectivity index (χ3n) is 8.05. The first kappa shape index (κ1) is 25.9. The van der Waals surface area contributed by atoms with Gasteiger partial charge in [0.15, 0.2) is 0 Å². The van der Waals surface area contributed by atoms with Gasteiger partial charge in [-0.25, -0.2) is 0 Å². The Hall–Kier alpha value is -2.78. The van der Waals surface area contributed by atoms with Crippen LogP contribution in [0.4, 0.5) is 5.69 Å². The lowest BCUT2D eigenvalue weighted by Crippen LogP contribution is -2.53. The monoisotopic (exact) mass is 525 g/mol. The zero-order valence-corrected chi connectivity index (χ0v) is 22.2. The lowest BCUT2D eigenvalue weighted by atomic mass is 9.78. The summed E-state index contributed by atoms with van der Waals surface area (Å²) in [6.07, 6.45) is 11.3. The van der Waals surface area contributed by atoms with Gasteiger partial charge in [0.05, 0.1) is 23.7 Å².